The molecule has 1 aromatic rings. The van der Waals surface area contributed by atoms with Crippen LogP contribution >= 0.6 is 0 Å². The molecule has 0 aromatic heterocycles. The fourth-order valence-electron chi connectivity index (χ4n) is 2.99. The van der Waals surface area contributed by atoms with Crippen LogP contribution in [0.4, 0.5) is 0 Å². The number of carbonyl (C=O) groups excluding carboxylic acids is 1. The third-order valence-electron chi connectivity index (χ3n) is 4.03. The minimum absolute atomic E-state index is 0.147. The van der Waals surface area contributed by atoms with Crippen LogP contribution in [0.3, 0.4) is 0 Å². The maximum absolute atomic E-state index is 12.3. The van der Waals surface area contributed by atoms with Crippen molar-refractivity contribution in [2.75, 3.05) is 6.54 Å². The van der Waals surface area contributed by atoms with Crippen molar-refractivity contribution in [2.45, 2.75) is 51.5 Å². The van der Waals surface area contributed by atoms with Gasteiger partial charge < -0.3 is 10.0 Å². The van der Waals surface area contributed by atoms with E-state index < -0.39 is 5.97 Å². The van der Waals surface area contributed by atoms with Crippen molar-refractivity contribution in [1.82, 2.24) is 4.90 Å². The van der Waals surface area contributed by atoms with E-state index in [4.69, 9.17) is 5.11 Å². The van der Waals surface area contributed by atoms with Crippen LogP contribution < -0.4 is 0 Å². The third kappa shape index (κ3) is 4.31. The van der Waals surface area contributed by atoms with E-state index in [1.165, 1.54) is 11.1 Å². The fraction of sp³-hybridized carbons (Fsp3) is 0.529. The summed E-state index contributed by atoms with van der Waals surface area (Å²) in [5.74, 6) is -0.634. The van der Waals surface area contributed by atoms with Crippen LogP contribution in [-0.2, 0) is 9.59 Å². The van der Waals surface area contributed by atoms with Gasteiger partial charge in [0.1, 0.15) is 0 Å². The second-order valence-corrected chi connectivity index (χ2v) is 5.76. The fourth-order valence-corrected chi connectivity index (χ4v) is 2.99. The van der Waals surface area contributed by atoms with Crippen LogP contribution in [0.2, 0.25) is 0 Å². The van der Waals surface area contributed by atoms with E-state index in [9.17, 15) is 9.59 Å². The average molecular weight is 289 g/mol. The number of hydrogen-bond donors (Lipinski definition) is 1. The van der Waals surface area contributed by atoms with E-state index in [0.717, 1.165) is 19.4 Å². The molecule has 0 bridgehead atoms. The van der Waals surface area contributed by atoms with E-state index in [1.54, 1.807) is 0 Å². The Bertz CT molecular complexity index is 513. The minimum atomic E-state index is -0.791. The molecule has 1 aliphatic heterocycles. The van der Waals surface area contributed by atoms with Gasteiger partial charge in [-0.05, 0) is 38.2 Å². The summed E-state index contributed by atoms with van der Waals surface area (Å²) in [4.78, 5) is 24.8. The molecule has 1 fully saturated rings. The summed E-state index contributed by atoms with van der Waals surface area (Å²) in [5, 5.41) is 8.61. The molecule has 4 nitrogen and oxygen atoms in total. The Morgan fingerprint density at radius 3 is 2.76 bits per heavy atom. The normalized spacial score (nSPS) is 18.0. The predicted octanol–water partition coefficient (Wildman–Crippen LogP) is 3.30. The van der Waals surface area contributed by atoms with E-state index in [-0.39, 0.29) is 18.4 Å². The number of benzene rings is 1. The molecule has 1 heterocycles. The number of hydrogen-bond acceptors (Lipinski definition) is 2. The Morgan fingerprint density at radius 2 is 2.05 bits per heavy atom. The van der Waals surface area contributed by atoms with E-state index in [0.29, 0.717) is 19.3 Å². The quantitative estimate of drug-likeness (QED) is 0.817. The molecule has 1 aliphatic rings. The molecule has 1 atom stereocenters. The largest absolute Gasteiger partial charge is 0.481 e. The van der Waals surface area contributed by atoms with Gasteiger partial charge in [-0.2, -0.15) is 0 Å². The number of carboxylic acid groups (broad SMARTS) is 1. The van der Waals surface area contributed by atoms with Crippen LogP contribution in [0.1, 0.15) is 55.7 Å². The van der Waals surface area contributed by atoms with Crippen LogP contribution in [0.5, 0.6) is 0 Å². The van der Waals surface area contributed by atoms with Gasteiger partial charge >= 0.3 is 5.97 Å². The van der Waals surface area contributed by atoms with Gasteiger partial charge in [-0.25, -0.2) is 0 Å². The van der Waals surface area contributed by atoms with Crippen molar-refractivity contribution in [2.24, 2.45) is 0 Å². The summed E-state index contributed by atoms with van der Waals surface area (Å²) in [6, 6.07) is 8.54. The van der Waals surface area contributed by atoms with Gasteiger partial charge in [0.15, 0.2) is 0 Å². The standard InChI is InChI=1S/C17H23NO3/c1-13-6-4-7-14(12-13)15-8-5-11-18(15)16(19)9-2-3-10-17(20)21/h4,6-7,12,15H,2-3,5,8-11H2,1H3,(H,20,21). The van der Waals surface area contributed by atoms with Gasteiger partial charge in [-0.3, -0.25) is 9.59 Å². The Hall–Kier alpha value is -1.84. The first-order valence-electron chi connectivity index (χ1n) is 7.66. The monoisotopic (exact) mass is 289 g/mol. The Balaban J connectivity index is 1.92. The second-order valence-electron chi connectivity index (χ2n) is 5.76. The van der Waals surface area contributed by atoms with Gasteiger partial charge in [0.05, 0.1) is 6.04 Å². The second kappa shape index (κ2) is 7.25. The molecule has 4 heteroatoms. The highest BCUT2D eigenvalue weighted by atomic mass is 16.4. The van der Waals surface area contributed by atoms with Gasteiger partial charge in [-0.15, -0.1) is 0 Å². The molecule has 1 amide bonds. The summed E-state index contributed by atoms with van der Waals surface area (Å²) < 4.78 is 0. The molecular weight excluding hydrogens is 266 g/mol. The van der Waals surface area contributed by atoms with Crippen molar-refractivity contribution < 1.29 is 14.7 Å². The average Bonchev–Trinajstić information content (AvgIpc) is 2.92. The Kier molecular flexibility index (Phi) is 5.37. The molecule has 2 rings (SSSR count). The van der Waals surface area contributed by atoms with E-state index >= 15 is 0 Å². The lowest BCUT2D eigenvalue weighted by Gasteiger charge is -2.25. The van der Waals surface area contributed by atoms with Crippen LogP contribution in [0, 0.1) is 6.92 Å². The zero-order chi connectivity index (χ0) is 15.2. The highest BCUT2D eigenvalue weighted by Gasteiger charge is 2.29. The van der Waals surface area contributed by atoms with Gasteiger partial charge in [0.2, 0.25) is 5.91 Å². The number of nitrogens with zero attached hydrogens (tertiary/aromatic N) is 1. The molecule has 1 saturated heterocycles. The maximum Gasteiger partial charge on any atom is 0.303 e. The lowest BCUT2D eigenvalue weighted by Crippen LogP contribution is -2.30. The summed E-state index contributed by atoms with van der Waals surface area (Å²) >= 11 is 0. The summed E-state index contributed by atoms with van der Waals surface area (Å²) in [5.41, 5.74) is 2.43. The van der Waals surface area contributed by atoms with Crippen molar-refractivity contribution in [1.29, 1.82) is 0 Å². The SMILES string of the molecule is Cc1cccc(C2CCCN2C(=O)CCCCC(=O)O)c1. The first-order valence-corrected chi connectivity index (χ1v) is 7.66. The van der Waals surface area contributed by atoms with Crippen molar-refractivity contribution in [3.05, 3.63) is 35.4 Å². The molecule has 1 unspecified atom stereocenters. The predicted molar refractivity (Wildman–Crippen MR) is 81.0 cm³/mol. The molecule has 0 aliphatic carbocycles. The zero-order valence-corrected chi connectivity index (χ0v) is 12.5. The van der Waals surface area contributed by atoms with Gasteiger partial charge in [0, 0.05) is 19.4 Å². The summed E-state index contributed by atoms with van der Waals surface area (Å²) in [6.45, 7) is 2.88. The Labute approximate surface area is 125 Å². The molecule has 0 saturated carbocycles. The van der Waals surface area contributed by atoms with E-state index in [2.05, 4.69) is 25.1 Å². The zero-order valence-electron chi connectivity index (χ0n) is 12.5. The lowest BCUT2D eigenvalue weighted by atomic mass is 10.0. The minimum Gasteiger partial charge on any atom is -0.481 e. The molecule has 0 radical (unpaired) electrons. The summed E-state index contributed by atoms with van der Waals surface area (Å²) in [6.07, 6.45) is 3.89. The van der Waals surface area contributed by atoms with Gasteiger partial charge in [-0.1, -0.05) is 29.8 Å². The van der Waals surface area contributed by atoms with Crippen LogP contribution in [0.25, 0.3) is 0 Å². The number of unbranched alkanes of at least 4 members (excludes halogenated alkanes) is 1. The third-order valence-corrected chi connectivity index (χ3v) is 4.03. The number of rotatable bonds is 6. The smallest absolute Gasteiger partial charge is 0.303 e. The molecule has 1 aromatic carbocycles. The maximum atomic E-state index is 12.3. The number of likely N-dealkylation sites (tertiary alicyclic amines) is 1. The van der Waals surface area contributed by atoms with Gasteiger partial charge in [0.25, 0.3) is 0 Å². The highest BCUT2D eigenvalue weighted by Crippen LogP contribution is 2.32. The van der Waals surface area contributed by atoms with Crippen molar-refractivity contribution in [3.8, 4) is 0 Å². The molecule has 0 spiro atoms. The molecule has 1 N–H and O–H groups in total. The number of aryl methyl sites for hydroxylation is 1. The van der Waals surface area contributed by atoms with Crippen LogP contribution in [0.15, 0.2) is 24.3 Å². The first kappa shape index (κ1) is 15.5. The number of aliphatic carboxylic acids is 1. The van der Waals surface area contributed by atoms with Crippen molar-refractivity contribution >= 4 is 11.9 Å². The molecular formula is C17H23NO3. The number of carboxylic acids is 1. The number of amides is 1. The van der Waals surface area contributed by atoms with E-state index in [1.807, 2.05) is 11.0 Å². The lowest BCUT2D eigenvalue weighted by molar-refractivity contribution is -0.137. The first-order chi connectivity index (χ1) is 10.1. The van der Waals surface area contributed by atoms with Crippen molar-refractivity contribution in [3.63, 3.8) is 0 Å². The Morgan fingerprint density at radius 1 is 1.29 bits per heavy atom. The molecule has 21 heavy (non-hydrogen) atoms. The summed E-state index contributed by atoms with van der Waals surface area (Å²) in [7, 11) is 0. The highest BCUT2D eigenvalue weighted by molar-refractivity contribution is 5.77. The molecule has 114 valence electrons. The van der Waals surface area contributed by atoms with Crippen LogP contribution in [-0.4, -0.2) is 28.4 Å². The topological polar surface area (TPSA) is 57.6 Å². The number of carbonyl (C=O) groups is 2.